The average Bonchev–Trinajstić information content (AvgIpc) is 1.89. The van der Waals surface area contributed by atoms with Crippen molar-refractivity contribution in [3.63, 3.8) is 0 Å². The first-order valence-electron chi connectivity index (χ1n) is 2.34. The summed E-state index contributed by atoms with van der Waals surface area (Å²) in [6.07, 6.45) is 0. The molecule has 0 saturated carbocycles. The summed E-state index contributed by atoms with van der Waals surface area (Å²) >= 11 is 0. The summed E-state index contributed by atoms with van der Waals surface area (Å²) in [5, 5.41) is 18.3. The van der Waals surface area contributed by atoms with E-state index in [9.17, 15) is 0 Å². The molecule has 0 aromatic rings. The number of rotatable bonds is 2. The minimum Gasteiger partial charge on any atom is -0.549 e. The third-order valence-electron chi connectivity index (χ3n) is 0.333. The number of aliphatic carboxylic acids is 2. The van der Waals surface area contributed by atoms with Gasteiger partial charge >= 0.3 is 0 Å². The number of hydrogen-bond donors (Lipinski definition) is 4. The van der Waals surface area contributed by atoms with Crippen LogP contribution in [0.15, 0.2) is 0 Å². The Hall–Kier alpha value is -0.597. The molecule has 0 saturated heterocycles. The van der Waals surface area contributed by atoms with Gasteiger partial charge in [-0.2, -0.15) is 0 Å². The monoisotopic (exact) mass is 248 g/mol. The van der Waals surface area contributed by atoms with E-state index in [2.05, 4.69) is 11.5 Å². The Balaban J connectivity index is -0.0000000267. The molecule has 0 aliphatic carbocycles. The Bertz CT molecular complexity index is 109. The molecule has 0 aliphatic rings. The Morgan fingerprint density at radius 3 is 1.00 bits per heavy atom. The molecule has 0 fully saturated rings. The zero-order valence-electron chi connectivity index (χ0n) is 7.91. The van der Waals surface area contributed by atoms with Gasteiger partial charge in [-0.05, 0) is 0 Å². The SMILES string of the molecule is NCC(=O)[O-].NCC(=O)[O-].[NH4+].[NH4+].[Zn]. The van der Waals surface area contributed by atoms with Crippen LogP contribution >= 0.6 is 0 Å². The van der Waals surface area contributed by atoms with E-state index in [1.807, 2.05) is 0 Å². The van der Waals surface area contributed by atoms with E-state index < -0.39 is 11.9 Å². The van der Waals surface area contributed by atoms with Gasteiger partial charge in [0.15, 0.2) is 0 Å². The number of carboxylic acid groups (broad SMARTS) is 2. The van der Waals surface area contributed by atoms with Gasteiger partial charge in [-0.1, -0.05) is 0 Å². The number of nitrogens with two attached hydrogens (primary N) is 2. The van der Waals surface area contributed by atoms with Crippen molar-refractivity contribution in [3.8, 4) is 0 Å². The van der Waals surface area contributed by atoms with Gasteiger partial charge in [0.25, 0.3) is 0 Å². The van der Waals surface area contributed by atoms with Gasteiger partial charge < -0.3 is 43.6 Å². The van der Waals surface area contributed by atoms with Crippen LogP contribution in [0.1, 0.15) is 0 Å². The van der Waals surface area contributed by atoms with Crippen LogP contribution in [0, 0.1) is 0 Å². The second-order valence-corrected chi connectivity index (χ2v) is 1.15. The smallest absolute Gasteiger partial charge is 0.0550 e. The van der Waals surface area contributed by atoms with Gasteiger partial charge in [-0.15, -0.1) is 0 Å². The van der Waals surface area contributed by atoms with Crippen LogP contribution in [-0.2, 0) is 29.1 Å². The number of quaternary nitrogens is 2. The zero-order valence-corrected chi connectivity index (χ0v) is 10.9. The van der Waals surface area contributed by atoms with Gasteiger partial charge in [0, 0.05) is 32.6 Å². The van der Waals surface area contributed by atoms with E-state index in [4.69, 9.17) is 19.8 Å². The quantitative estimate of drug-likeness (QED) is 0.360. The van der Waals surface area contributed by atoms with Crippen molar-refractivity contribution in [2.75, 3.05) is 13.1 Å². The van der Waals surface area contributed by atoms with Crippen molar-refractivity contribution < 1.29 is 39.3 Å². The molecule has 0 unspecified atom stereocenters. The third-order valence-corrected chi connectivity index (χ3v) is 0.333. The van der Waals surface area contributed by atoms with Crippen molar-refractivity contribution >= 4 is 11.9 Å². The molecular weight excluding hydrogens is 233 g/mol. The van der Waals surface area contributed by atoms with Crippen molar-refractivity contribution in [2.45, 2.75) is 0 Å². The van der Waals surface area contributed by atoms with Crippen LogP contribution in [0.5, 0.6) is 0 Å². The largest absolute Gasteiger partial charge is 0.549 e. The van der Waals surface area contributed by atoms with Crippen molar-refractivity contribution in [1.29, 1.82) is 0 Å². The van der Waals surface area contributed by atoms with Crippen LogP contribution in [-0.4, -0.2) is 25.0 Å². The molecule has 0 amide bonds. The van der Waals surface area contributed by atoms with Gasteiger partial charge in [0.05, 0.1) is 11.9 Å². The molecule has 0 rings (SSSR count). The maximum Gasteiger partial charge on any atom is 0.0550 e. The van der Waals surface area contributed by atoms with Crippen LogP contribution < -0.4 is 34.0 Å². The van der Waals surface area contributed by atoms with Crippen LogP contribution in [0.2, 0.25) is 0 Å². The van der Waals surface area contributed by atoms with Crippen molar-refractivity contribution in [2.24, 2.45) is 11.5 Å². The van der Waals surface area contributed by atoms with E-state index in [0.29, 0.717) is 0 Å². The second-order valence-electron chi connectivity index (χ2n) is 1.15. The van der Waals surface area contributed by atoms with Gasteiger partial charge in [-0.3, -0.25) is 0 Å². The van der Waals surface area contributed by atoms with Crippen LogP contribution in [0.25, 0.3) is 0 Å². The van der Waals surface area contributed by atoms with Crippen LogP contribution in [0.4, 0.5) is 0 Å². The van der Waals surface area contributed by atoms with E-state index in [1.54, 1.807) is 0 Å². The number of carbonyl (C=O) groups excluding carboxylic acids is 2. The minimum absolute atomic E-state index is 0. The first-order chi connectivity index (χ1) is 4.54. The first kappa shape index (κ1) is 29.4. The summed E-state index contributed by atoms with van der Waals surface area (Å²) in [6.45, 7) is -0.778. The standard InChI is InChI=1S/2C2H5NO2.2H3N.Zn/c2*3-1-2(4)5;;;/h2*1,3H2,(H,4,5);2*1H3;. The summed E-state index contributed by atoms with van der Waals surface area (Å²) in [5.41, 5.74) is 9.02. The fourth-order valence-electron chi connectivity index (χ4n) is 0. The molecule has 0 heterocycles. The van der Waals surface area contributed by atoms with Gasteiger partial charge in [-0.25, -0.2) is 0 Å². The molecule has 8 nitrogen and oxygen atoms in total. The summed E-state index contributed by atoms with van der Waals surface area (Å²) in [7, 11) is 0. The van der Waals surface area contributed by atoms with Crippen molar-refractivity contribution in [3.05, 3.63) is 0 Å². The third kappa shape index (κ3) is 87.1. The normalized spacial score (nSPS) is 5.69. The van der Waals surface area contributed by atoms with Gasteiger partial charge in [0.2, 0.25) is 0 Å². The molecule has 0 radical (unpaired) electrons. The minimum atomic E-state index is -1.22. The Labute approximate surface area is 88.6 Å². The fourth-order valence-corrected chi connectivity index (χ4v) is 0. The maximum absolute atomic E-state index is 9.13. The maximum atomic E-state index is 9.13. The molecule has 13 heavy (non-hydrogen) atoms. The van der Waals surface area contributed by atoms with Crippen LogP contribution in [0.3, 0.4) is 0 Å². The molecule has 9 heteroatoms. The summed E-state index contributed by atoms with van der Waals surface area (Å²) < 4.78 is 0. The Kier molecular flexibility index (Phi) is 51.0. The second kappa shape index (κ2) is 22.5. The molecule has 0 bridgehead atoms. The predicted octanol–water partition coefficient (Wildman–Crippen LogP) is -3.86. The zero-order chi connectivity index (χ0) is 8.57. The summed E-state index contributed by atoms with van der Waals surface area (Å²) in [4.78, 5) is 18.3. The summed E-state index contributed by atoms with van der Waals surface area (Å²) in [6, 6.07) is 0. The van der Waals surface area contributed by atoms with Gasteiger partial charge in [0.1, 0.15) is 0 Å². The Morgan fingerprint density at radius 1 is 0.923 bits per heavy atom. The average molecular weight is 250 g/mol. The van der Waals surface area contributed by atoms with Crippen molar-refractivity contribution in [1.82, 2.24) is 12.3 Å². The number of carbonyl (C=O) groups is 2. The first-order valence-corrected chi connectivity index (χ1v) is 2.34. The van der Waals surface area contributed by atoms with E-state index in [-0.39, 0.29) is 44.9 Å². The molecular formula is C4H16N4O4Zn. The van der Waals surface area contributed by atoms with E-state index >= 15 is 0 Å². The predicted molar refractivity (Wildman–Crippen MR) is 40.1 cm³/mol. The Morgan fingerprint density at radius 2 is 1.00 bits per heavy atom. The number of carboxylic acids is 2. The molecule has 78 valence electrons. The molecule has 0 aromatic heterocycles. The molecule has 12 N–H and O–H groups in total. The summed E-state index contributed by atoms with van der Waals surface area (Å²) in [5.74, 6) is -2.44. The molecule has 0 spiro atoms. The van der Waals surface area contributed by atoms with E-state index in [1.165, 1.54) is 0 Å². The topological polar surface area (TPSA) is 205 Å². The molecule has 0 atom stereocenters. The fraction of sp³-hybridized carbons (Fsp3) is 0.500. The molecule has 0 aliphatic heterocycles. The number of hydrogen-bond acceptors (Lipinski definition) is 6. The molecule has 0 aromatic carbocycles. The van der Waals surface area contributed by atoms with E-state index in [0.717, 1.165) is 0 Å².